The van der Waals surface area contributed by atoms with Gasteiger partial charge in [-0.25, -0.2) is 0 Å². The van der Waals surface area contributed by atoms with Crippen LogP contribution in [0.3, 0.4) is 0 Å². The molecule has 1 aromatic carbocycles. The number of hydrogen-bond acceptors (Lipinski definition) is 5. The molecule has 2 rings (SSSR count). The Labute approximate surface area is 168 Å². The van der Waals surface area contributed by atoms with Gasteiger partial charge < -0.3 is 14.6 Å². The number of rotatable bonds is 10. The van der Waals surface area contributed by atoms with Crippen LogP contribution in [0, 0.1) is 19.8 Å². The van der Waals surface area contributed by atoms with Crippen LogP contribution in [0.4, 0.5) is 0 Å². The summed E-state index contributed by atoms with van der Waals surface area (Å²) in [5.74, 6) is 1.78. The Morgan fingerprint density at radius 3 is 2.54 bits per heavy atom. The lowest BCUT2D eigenvalue weighted by Crippen LogP contribution is -2.46. The van der Waals surface area contributed by atoms with Gasteiger partial charge >= 0.3 is 0 Å². The van der Waals surface area contributed by atoms with E-state index >= 15 is 0 Å². The van der Waals surface area contributed by atoms with Gasteiger partial charge in [0.2, 0.25) is 0 Å². The van der Waals surface area contributed by atoms with Crippen molar-refractivity contribution in [1.29, 1.82) is 0 Å². The molecule has 0 aliphatic carbocycles. The third-order valence-electron chi connectivity index (χ3n) is 5.18. The molecular formula is C22H33N3O3. The van der Waals surface area contributed by atoms with Gasteiger partial charge in [-0.15, -0.1) is 0 Å². The number of carbonyl (C=O) groups is 1. The van der Waals surface area contributed by atoms with Crippen molar-refractivity contribution in [2.75, 3.05) is 19.6 Å². The minimum absolute atomic E-state index is 0.0828. The molecule has 1 atom stereocenters. The first-order chi connectivity index (χ1) is 13.4. The molecule has 6 nitrogen and oxygen atoms in total. The van der Waals surface area contributed by atoms with Crippen LogP contribution >= 0.6 is 0 Å². The van der Waals surface area contributed by atoms with E-state index in [0.29, 0.717) is 36.4 Å². The average molecular weight is 388 g/mol. The second-order valence-electron chi connectivity index (χ2n) is 7.36. The Hall–Kier alpha value is -2.34. The molecule has 1 heterocycles. The third-order valence-corrected chi connectivity index (χ3v) is 5.18. The van der Waals surface area contributed by atoms with E-state index < -0.39 is 0 Å². The van der Waals surface area contributed by atoms with Crippen LogP contribution < -0.4 is 10.1 Å². The summed E-state index contributed by atoms with van der Waals surface area (Å²) in [7, 11) is 0. The molecule has 28 heavy (non-hydrogen) atoms. The quantitative estimate of drug-likeness (QED) is 0.668. The molecule has 1 unspecified atom stereocenters. The van der Waals surface area contributed by atoms with Crippen LogP contribution in [0.15, 0.2) is 28.8 Å². The summed E-state index contributed by atoms with van der Waals surface area (Å²) in [6.45, 7) is 15.4. The molecule has 1 amide bonds. The minimum Gasteiger partial charge on any atom is -0.489 e. The van der Waals surface area contributed by atoms with Gasteiger partial charge in [-0.05, 0) is 51.1 Å². The van der Waals surface area contributed by atoms with Crippen molar-refractivity contribution in [1.82, 2.24) is 15.4 Å². The minimum atomic E-state index is -0.0828. The van der Waals surface area contributed by atoms with Crippen molar-refractivity contribution in [2.45, 2.75) is 54.2 Å². The number of nitrogens with zero attached hydrogens (tertiary/aromatic N) is 2. The molecule has 1 N–H and O–H groups in total. The smallest absolute Gasteiger partial charge is 0.251 e. The number of ether oxygens (including phenoxy) is 1. The molecule has 0 saturated heterocycles. The van der Waals surface area contributed by atoms with Gasteiger partial charge in [-0.1, -0.05) is 38.9 Å². The number of likely N-dealkylation sites (N-methyl/N-ethyl adjacent to an activating group) is 1. The monoisotopic (exact) mass is 387 g/mol. The molecular weight excluding hydrogens is 354 g/mol. The lowest BCUT2D eigenvalue weighted by atomic mass is 10.0. The fourth-order valence-corrected chi connectivity index (χ4v) is 3.37. The van der Waals surface area contributed by atoms with E-state index in [0.717, 1.165) is 30.1 Å². The highest BCUT2D eigenvalue weighted by molar-refractivity contribution is 5.94. The van der Waals surface area contributed by atoms with Crippen molar-refractivity contribution in [3.63, 3.8) is 0 Å². The van der Waals surface area contributed by atoms with E-state index in [1.165, 1.54) is 0 Å². The fraction of sp³-hybridized carbons (Fsp3) is 0.545. The van der Waals surface area contributed by atoms with E-state index in [2.05, 4.69) is 43.1 Å². The second-order valence-corrected chi connectivity index (χ2v) is 7.36. The summed E-state index contributed by atoms with van der Waals surface area (Å²) >= 11 is 0. The summed E-state index contributed by atoms with van der Waals surface area (Å²) in [6.07, 6.45) is 0. The lowest BCUT2D eigenvalue weighted by molar-refractivity contribution is 0.0920. The SMILES string of the molecule is CCN(CC)C(CNC(=O)c1cccc(OCc2c(C)noc2C)c1)C(C)C. The zero-order valence-electron chi connectivity index (χ0n) is 17.9. The average Bonchev–Trinajstić information content (AvgIpc) is 3.00. The predicted octanol–water partition coefficient (Wildman–Crippen LogP) is 3.97. The fourth-order valence-electron chi connectivity index (χ4n) is 3.37. The molecule has 0 radical (unpaired) electrons. The van der Waals surface area contributed by atoms with Gasteiger partial charge in [0.15, 0.2) is 0 Å². The van der Waals surface area contributed by atoms with Crippen molar-refractivity contribution in [3.05, 3.63) is 46.8 Å². The second kappa shape index (κ2) is 10.3. The number of benzene rings is 1. The van der Waals surface area contributed by atoms with E-state index in [1.54, 1.807) is 12.1 Å². The normalized spacial score (nSPS) is 12.4. The van der Waals surface area contributed by atoms with Gasteiger partial charge in [-0.2, -0.15) is 0 Å². The van der Waals surface area contributed by atoms with Crippen molar-refractivity contribution < 1.29 is 14.1 Å². The molecule has 0 fully saturated rings. The Kier molecular flexibility index (Phi) is 8.05. The number of aromatic nitrogens is 1. The lowest BCUT2D eigenvalue weighted by Gasteiger charge is -2.32. The van der Waals surface area contributed by atoms with Crippen molar-refractivity contribution in [2.24, 2.45) is 5.92 Å². The Balaban J connectivity index is 1.99. The van der Waals surface area contributed by atoms with Gasteiger partial charge in [0, 0.05) is 18.2 Å². The summed E-state index contributed by atoms with van der Waals surface area (Å²) in [5, 5.41) is 7.02. The third kappa shape index (κ3) is 5.58. The van der Waals surface area contributed by atoms with Crippen LogP contribution in [0.25, 0.3) is 0 Å². The zero-order valence-corrected chi connectivity index (χ0v) is 17.9. The van der Waals surface area contributed by atoms with Crippen LogP contribution in [0.5, 0.6) is 5.75 Å². The molecule has 0 bridgehead atoms. The van der Waals surface area contributed by atoms with Gasteiger partial charge in [0.25, 0.3) is 5.91 Å². The standard InChI is InChI=1S/C22H33N3O3/c1-7-25(8-2)21(15(3)4)13-23-22(26)18-10-9-11-19(12-18)27-14-20-16(5)24-28-17(20)6/h9-12,15,21H,7-8,13-14H2,1-6H3,(H,23,26). The first-order valence-electron chi connectivity index (χ1n) is 10.0. The van der Waals surface area contributed by atoms with Gasteiger partial charge in [-0.3, -0.25) is 9.69 Å². The van der Waals surface area contributed by atoms with Crippen LogP contribution in [-0.2, 0) is 6.61 Å². The van der Waals surface area contributed by atoms with E-state index in [-0.39, 0.29) is 5.91 Å². The number of amides is 1. The largest absolute Gasteiger partial charge is 0.489 e. The van der Waals surface area contributed by atoms with Gasteiger partial charge in [0.1, 0.15) is 18.1 Å². The summed E-state index contributed by atoms with van der Waals surface area (Å²) in [6, 6.07) is 7.58. The maximum absolute atomic E-state index is 12.7. The number of aryl methyl sites for hydroxylation is 2. The molecule has 2 aromatic rings. The molecule has 0 aliphatic rings. The van der Waals surface area contributed by atoms with Crippen molar-refractivity contribution >= 4 is 5.91 Å². The molecule has 1 aromatic heterocycles. The van der Waals surface area contributed by atoms with Gasteiger partial charge in [0.05, 0.1) is 11.3 Å². The van der Waals surface area contributed by atoms with Crippen LogP contribution in [0.1, 0.15) is 55.1 Å². The highest BCUT2D eigenvalue weighted by Crippen LogP contribution is 2.19. The first kappa shape index (κ1) is 22.0. The highest BCUT2D eigenvalue weighted by Gasteiger charge is 2.20. The number of carbonyl (C=O) groups excluding carboxylic acids is 1. The molecule has 0 aliphatic heterocycles. The molecule has 0 spiro atoms. The maximum Gasteiger partial charge on any atom is 0.251 e. The molecule has 154 valence electrons. The first-order valence-corrected chi connectivity index (χ1v) is 10.0. The van der Waals surface area contributed by atoms with E-state index in [1.807, 2.05) is 26.0 Å². The van der Waals surface area contributed by atoms with E-state index in [4.69, 9.17) is 9.26 Å². The highest BCUT2D eigenvalue weighted by atomic mass is 16.5. The Morgan fingerprint density at radius 2 is 1.96 bits per heavy atom. The summed E-state index contributed by atoms with van der Waals surface area (Å²) in [4.78, 5) is 15.0. The summed E-state index contributed by atoms with van der Waals surface area (Å²) < 4.78 is 11.0. The number of nitrogens with one attached hydrogen (secondary N) is 1. The summed E-state index contributed by atoms with van der Waals surface area (Å²) in [5.41, 5.74) is 2.36. The molecule has 6 heteroatoms. The predicted molar refractivity (Wildman–Crippen MR) is 111 cm³/mol. The van der Waals surface area contributed by atoms with Crippen molar-refractivity contribution in [3.8, 4) is 5.75 Å². The van der Waals surface area contributed by atoms with E-state index in [9.17, 15) is 4.79 Å². The Bertz CT molecular complexity index is 747. The maximum atomic E-state index is 12.7. The topological polar surface area (TPSA) is 67.6 Å². The zero-order chi connectivity index (χ0) is 20.7. The molecule has 0 saturated carbocycles. The number of hydrogen-bond donors (Lipinski definition) is 1. The van der Waals surface area contributed by atoms with Crippen LogP contribution in [-0.4, -0.2) is 41.6 Å². The van der Waals surface area contributed by atoms with Crippen LogP contribution in [0.2, 0.25) is 0 Å². The Morgan fingerprint density at radius 1 is 1.25 bits per heavy atom.